The van der Waals surface area contributed by atoms with Gasteiger partial charge in [-0.1, -0.05) is 24.3 Å². The molecule has 7 heteroatoms. The second kappa shape index (κ2) is 8.45. The Morgan fingerprint density at radius 3 is 1.62 bits per heavy atom. The number of allylic oxidation sites excluding steroid dienone is 3. The molecule has 0 N–H and O–H groups in total. The molecule has 0 radical (unpaired) electrons. The van der Waals surface area contributed by atoms with E-state index >= 15 is 0 Å². The summed E-state index contributed by atoms with van der Waals surface area (Å²) in [6.07, 6.45) is 0. The van der Waals surface area contributed by atoms with E-state index in [1.54, 1.807) is 48.5 Å². The standard InChI is InChI=1S/C22H17BrO6/c1-12(24)29-22-18(14-6-10-16(28-3)11-7-14)20(25)19(23)17(21(22)26)13-4-8-15(27-2)9-5-13/h4-11H,1-3H3. The molecule has 0 aliphatic heterocycles. The first-order valence-corrected chi connectivity index (χ1v) is 9.37. The first-order valence-electron chi connectivity index (χ1n) is 8.58. The maximum atomic E-state index is 13.2. The molecule has 1 aliphatic carbocycles. The Morgan fingerprint density at radius 1 is 0.759 bits per heavy atom. The molecule has 2 aromatic carbocycles. The van der Waals surface area contributed by atoms with Gasteiger partial charge in [-0.2, -0.15) is 0 Å². The lowest BCUT2D eigenvalue weighted by atomic mass is 9.87. The molecule has 3 rings (SSSR count). The van der Waals surface area contributed by atoms with Crippen LogP contribution >= 0.6 is 15.9 Å². The highest BCUT2D eigenvalue weighted by atomic mass is 79.9. The minimum atomic E-state index is -0.695. The topological polar surface area (TPSA) is 78.9 Å². The van der Waals surface area contributed by atoms with E-state index in [2.05, 4.69) is 15.9 Å². The molecule has 0 unspecified atom stereocenters. The van der Waals surface area contributed by atoms with Gasteiger partial charge in [-0.05, 0) is 51.3 Å². The summed E-state index contributed by atoms with van der Waals surface area (Å²) in [5.74, 6) is -0.832. The van der Waals surface area contributed by atoms with Crippen molar-refractivity contribution in [2.75, 3.05) is 14.2 Å². The van der Waals surface area contributed by atoms with Gasteiger partial charge >= 0.3 is 5.97 Å². The van der Waals surface area contributed by atoms with Crippen LogP contribution in [-0.4, -0.2) is 31.8 Å². The van der Waals surface area contributed by atoms with Crippen LogP contribution in [-0.2, 0) is 19.1 Å². The predicted octanol–water partition coefficient (Wildman–Crippen LogP) is 3.94. The number of hydrogen-bond donors (Lipinski definition) is 0. The highest BCUT2D eigenvalue weighted by Crippen LogP contribution is 2.39. The van der Waals surface area contributed by atoms with E-state index < -0.39 is 17.5 Å². The quantitative estimate of drug-likeness (QED) is 0.500. The van der Waals surface area contributed by atoms with Crippen LogP contribution in [0.15, 0.2) is 58.8 Å². The van der Waals surface area contributed by atoms with Crippen molar-refractivity contribution in [3.63, 3.8) is 0 Å². The average Bonchev–Trinajstić information content (AvgIpc) is 2.73. The Kier molecular flexibility index (Phi) is 5.98. The summed E-state index contributed by atoms with van der Waals surface area (Å²) < 4.78 is 15.6. The van der Waals surface area contributed by atoms with Crippen LogP contribution in [0, 0.1) is 0 Å². The van der Waals surface area contributed by atoms with Gasteiger partial charge in [0, 0.05) is 6.92 Å². The van der Waals surface area contributed by atoms with Crippen LogP contribution in [0.2, 0.25) is 0 Å². The number of carbonyl (C=O) groups is 3. The molecule has 0 amide bonds. The number of benzene rings is 2. The molecule has 148 valence electrons. The SMILES string of the molecule is COc1ccc(C2=C(Br)C(=O)C(c3ccc(OC)cc3)=C(OC(C)=O)C2=O)cc1. The molecule has 29 heavy (non-hydrogen) atoms. The first kappa shape index (κ1) is 20.5. The van der Waals surface area contributed by atoms with Crippen molar-refractivity contribution in [1.82, 2.24) is 0 Å². The summed E-state index contributed by atoms with van der Waals surface area (Å²) >= 11 is 3.27. The normalized spacial score (nSPS) is 14.2. The molecule has 0 aromatic heterocycles. The Morgan fingerprint density at radius 2 is 1.21 bits per heavy atom. The number of ketones is 2. The van der Waals surface area contributed by atoms with E-state index in [1.807, 2.05) is 0 Å². The molecule has 0 saturated carbocycles. The monoisotopic (exact) mass is 456 g/mol. The number of hydrogen-bond acceptors (Lipinski definition) is 6. The third kappa shape index (κ3) is 4.00. The maximum Gasteiger partial charge on any atom is 0.308 e. The summed E-state index contributed by atoms with van der Waals surface area (Å²) in [6.45, 7) is 1.18. The van der Waals surface area contributed by atoms with E-state index in [4.69, 9.17) is 14.2 Å². The number of Topliss-reactive ketones (excluding diaryl/α,β-unsaturated/α-hetero) is 2. The lowest BCUT2D eigenvalue weighted by Crippen LogP contribution is -2.23. The van der Waals surface area contributed by atoms with Crippen molar-refractivity contribution >= 4 is 44.6 Å². The van der Waals surface area contributed by atoms with Crippen LogP contribution in [0.5, 0.6) is 11.5 Å². The summed E-state index contributed by atoms with van der Waals surface area (Å²) in [6, 6.07) is 13.2. The molecule has 1 aliphatic rings. The molecule has 0 bridgehead atoms. The molecule has 0 saturated heterocycles. The molecule has 0 fully saturated rings. The second-order valence-corrected chi connectivity index (χ2v) is 6.89. The first-order chi connectivity index (χ1) is 13.9. The third-order valence-corrected chi connectivity index (χ3v) is 5.07. The molecule has 0 heterocycles. The highest BCUT2D eigenvalue weighted by molar-refractivity contribution is 9.12. The maximum absolute atomic E-state index is 13.2. The van der Waals surface area contributed by atoms with Crippen molar-refractivity contribution in [2.45, 2.75) is 6.92 Å². The smallest absolute Gasteiger partial charge is 0.308 e. The van der Waals surface area contributed by atoms with Crippen LogP contribution in [0.1, 0.15) is 18.1 Å². The summed E-state index contributed by atoms with van der Waals surface area (Å²) in [4.78, 5) is 38.1. The summed E-state index contributed by atoms with van der Waals surface area (Å²) in [5.41, 5.74) is 1.06. The van der Waals surface area contributed by atoms with Crippen LogP contribution in [0.4, 0.5) is 0 Å². The highest BCUT2D eigenvalue weighted by Gasteiger charge is 2.37. The zero-order chi connectivity index (χ0) is 21.1. The lowest BCUT2D eigenvalue weighted by Gasteiger charge is -2.21. The third-order valence-electron chi connectivity index (χ3n) is 4.31. The minimum absolute atomic E-state index is 0.0111. The number of methoxy groups -OCH3 is 2. The summed E-state index contributed by atoms with van der Waals surface area (Å²) in [5, 5.41) is 0. The molecule has 2 aromatic rings. The number of rotatable bonds is 5. The number of carbonyl (C=O) groups excluding carboxylic acids is 3. The van der Waals surface area contributed by atoms with E-state index in [-0.39, 0.29) is 21.4 Å². The van der Waals surface area contributed by atoms with Crippen LogP contribution < -0.4 is 9.47 Å². The van der Waals surface area contributed by atoms with Gasteiger partial charge in [0.25, 0.3) is 0 Å². The molecular weight excluding hydrogens is 440 g/mol. The Labute approximate surface area is 175 Å². The fourth-order valence-electron chi connectivity index (χ4n) is 2.93. The van der Waals surface area contributed by atoms with E-state index in [0.717, 1.165) is 0 Å². The molecule has 0 spiro atoms. The van der Waals surface area contributed by atoms with Gasteiger partial charge in [0.1, 0.15) is 11.5 Å². The molecule has 6 nitrogen and oxygen atoms in total. The van der Waals surface area contributed by atoms with E-state index in [1.165, 1.54) is 21.1 Å². The molecular formula is C22H17BrO6. The van der Waals surface area contributed by atoms with Crippen molar-refractivity contribution in [1.29, 1.82) is 0 Å². The second-order valence-electron chi connectivity index (χ2n) is 6.10. The fourth-order valence-corrected chi connectivity index (χ4v) is 3.54. The van der Waals surface area contributed by atoms with E-state index in [0.29, 0.717) is 22.6 Å². The largest absolute Gasteiger partial charge is 0.497 e. The Hall–Kier alpha value is -3.19. The van der Waals surface area contributed by atoms with Gasteiger partial charge in [-0.3, -0.25) is 14.4 Å². The number of esters is 1. The van der Waals surface area contributed by atoms with Crippen molar-refractivity contribution in [3.05, 3.63) is 69.9 Å². The van der Waals surface area contributed by atoms with Gasteiger partial charge in [0.2, 0.25) is 11.6 Å². The number of halogens is 1. The van der Waals surface area contributed by atoms with Crippen molar-refractivity contribution in [2.24, 2.45) is 0 Å². The van der Waals surface area contributed by atoms with Gasteiger partial charge < -0.3 is 14.2 Å². The Bertz CT molecular complexity index is 1050. The fraction of sp³-hybridized carbons (Fsp3) is 0.136. The lowest BCUT2D eigenvalue weighted by molar-refractivity contribution is -0.139. The van der Waals surface area contributed by atoms with Gasteiger partial charge in [0.15, 0.2) is 5.76 Å². The summed E-state index contributed by atoms with van der Waals surface area (Å²) in [7, 11) is 3.05. The van der Waals surface area contributed by atoms with Gasteiger partial charge in [-0.15, -0.1) is 0 Å². The molecule has 0 atom stereocenters. The zero-order valence-corrected chi connectivity index (χ0v) is 17.5. The average molecular weight is 457 g/mol. The predicted molar refractivity (Wildman–Crippen MR) is 111 cm³/mol. The Balaban J connectivity index is 2.15. The zero-order valence-electron chi connectivity index (χ0n) is 15.9. The number of ether oxygens (including phenoxy) is 3. The van der Waals surface area contributed by atoms with Crippen molar-refractivity contribution in [3.8, 4) is 11.5 Å². The minimum Gasteiger partial charge on any atom is -0.497 e. The van der Waals surface area contributed by atoms with Crippen molar-refractivity contribution < 1.29 is 28.6 Å². The van der Waals surface area contributed by atoms with Crippen LogP contribution in [0.25, 0.3) is 11.1 Å². The van der Waals surface area contributed by atoms with Gasteiger partial charge in [-0.25, -0.2) is 0 Å². The van der Waals surface area contributed by atoms with E-state index in [9.17, 15) is 14.4 Å². The van der Waals surface area contributed by atoms with Crippen LogP contribution in [0.3, 0.4) is 0 Å². The van der Waals surface area contributed by atoms with Gasteiger partial charge in [0.05, 0.1) is 29.8 Å².